The van der Waals surface area contributed by atoms with Crippen LogP contribution in [0.25, 0.3) is 0 Å². The first kappa shape index (κ1) is 10.9. The summed E-state index contributed by atoms with van der Waals surface area (Å²) < 4.78 is 1.11. The molecule has 1 unspecified atom stereocenters. The average molecular weight is 261 g/mol. The van der Waals surface area contributed by atoms with Gasteiger partial charge in [-0.25, -0.2) is 0 Å². The first-order chi connectivity index (χ1) is 6.13. The average Bonchev–Trinajstić information content (AvgIpc) is 2.49. The van der Waals surface area contributed by atoms with Crippen molar-refractivity contribution in [3.05, 3.63) is 20.8 Å². The first-order valence-corrected chi connectivity index (χ1v) is 6.06. The Morgan fingerprint density at radius 3 is 2.85 bits per heavy atom. The Kier molecular flexibility index (Phi) is 4.13. The molecule has 0 spiro atoms. The summed E-state index contributed by atoms with van der Waals surface area (Å²) in [6.07, 6.45) is 1.52. The maximum absolute atomic E-state index is 11.3. The number of halogens is 1. The molecule has 1 nitrogen and oxygen atoms in total. The maximum Gasteiger partial charge on any atom is 0.135 e. The second-order valence-corrected chi connectivity index (χ2v) is 5.07. The van der Waals surface area contributed by atoms with Crippen molar-refractivity contribution in [2.45, 2.75) is 26.7 Å². The summed E-state index contributed by atoms with van der Waals surface area (Å²) in [6.45, 7) is 3.92. The highest BCUT2D eigenvalue weighted by atomic mass is 79.9. The third-order valence-electron chi connectivity index (χ3n) is 2.03. The number of carbonyl (C=O) groups is 1. The van der Waals surface area contributed by atoms with Gasteiger partial charge in [-0.05, 0) is 28.4 Å². The van der Waals surface area contributed by atoms with Gasteiger partial charge in [0.1, 0.15) is 5.78 Å². The molecule has 0 amide bonds. The Balaban J connectivity index is 2.54. The number of rotatable bonds is 4. The highest BCUT2D eigenvalue weighted by Crippen LogP contribution is 2.22. The molecule has 0 aliphatic heterocycles. The summed E-state index contributed by atoms with van der Waals surface area (Å²) in [5.41, 5.74) is 0. The van der Waals surface area contributed by atoms with Crippen LogP contribution < -0.4 is 0 Å². The number of Topliss-reactive ketones (excluding diaryl/α,β-unsaturated/α-hetero) is 1. The number of hydrogen-bond acceptors (Lipinski definition) is 2. The quantitative estimate of drug-likeness (QED) is 0.808. The zero-order chi connectivity index (χ0) is 9.84. The highest BCUT2D eigenvalue weighted by Gasteiger charge is 2.12. The molecule has 0 aliphatic carbocycles. The molecule has 1 heterocycles. The molecular weight excluding hydrogens is 248 g/mol. The molecule has 0 N–H and O–H groups in total. The van der Waals surface area contributed by atoms with Crippen LogP contribution in [-0.2, 0) is 11.2 Å². The van der Waals surface area contributed by atoms with Crippen molar-refractivity contribution in [3.63, 3.8) is 0 Å². The minimum Gasteiger partial charge on any atom is -0.299 e. The van der Waals surface area contributed by atoms with Crippen LogP contribution in [-0.4, -0.2) is 5.78 Å². The van der Waals surface area contributed by atoms with E-state index in [4.69, 9.17) is 0 Å². The molecule has 1 atom stereocenters. The van der Waals surface area contributed by atoms with Crippen molar-refractivity contribution in [1.29, 1.82) is 0 Å². The lowest BCUT2D eigenvalue weighted by molar-refractivity contribution is -0.122. The normalized spacial score (nSPS) is 12.8. The van der Waals surface area contributed by atoms with Crippen LogP contribution in [0.15, 0.2) is 15.9 Å². The van der Waals surface area contributed by atoms with E-state index in [0.29, 0.717) is 12.2 Å². The monoisotopic (exact) mass is 260 g/mol. The fourth-order valence-electron chi connectivity index (χ4n) is 1.22. The molecule has 13 heavy (non-hydrogen) atoms. The molecule has 0 aliphatic rings. The van der Waals surface area contributed by atoms with Gasteiger partial charge in [0.2, 0.25) is 0 Å². The number of carbonyl (C=O) groups excluding carboxylic acids is 1. The standard InChI is InChI=1S/C10H13BrOS/c1-3-10(12)7(2)4-9-5-8(11)6-13-9/h5-7H,3-4H2,1-2H3. The fraction of sp³-hybridized carbons (Fsp3) is 0.500. The molecule has 1 aromatic rings. The fourth-order valence-corrected chi connectivity index (χ4v) is 2.81. The van der Waals surface area contributed by atoms with E-state index in [1.807, 2.05) is 13.8 Å². The summed E-state index contributed by atoms with van der Waals surface area (Å²) in [7, 11) is 0. The Bertz CT molecular complexity index is 293. The smallest absolute Gasteiger partial charge is 0.135 e. The minimum absolute atomic E-state index is 0.163. The van der Waals surface area contributed by atoms with E-state index in [2.05, 4.69) is 27.4 Å². The predicted molar refractivity (Wildman–Crippen MR) is 60.2 cm³/mol. The molecule has 0 saturated heterocycles. The van der Waals surface area contributed by atoms with E-state index >= 15 is 0 Å². The zero-order valence-corrected chi connectivity index (χ0v) is 10.2. The van der Waals surface area contributed by atoms with Crippen molar-refractivity contribution in [2.24, 2.45) is 5.92 Å². The van der Waals surface area contributed by atoms with Crippen LogP contribution in [0.1, 0.15) is 25.1 Å². The Hall–Kier alpha value is -0.150. The van der Waals surface area contributed by atoms with E-state index in [0.717, 1.165) is 10.9 Å². The number of thiophene rings is 1. The summed E-state index contributed by atoms with van der Waals surface area (Å²) in [5, 5.41) is 2.05. The van der Waals surface area contributed by atoms with Crippen LogP contribution in [0.2, 0.25) is 0 Å². The third kappa shape index (κ3) is 3.24. The van der Waals surface area contributed by atoms with E-state index in [1.54, 1.807) is 11.3 Å². The van der Waals surface area contributed by atoms with Gasteiger partial charge in [0.25, 0.3) is 0 Å². The van der Waals surface area contributed by atoms with Crippen LogP contribution in [0.3, 0.4) is 0 Å². The second kappa shape index (κ2) is 4.91. The Morgan fingerprint density at radius 1 is 1.69 bits per heavy atom. The lowest BCUT2D eigenvalue weighted by Crippen LogP contribution is -2.11. The van der Waals surface area contributed by atoms with Crippen LogP contribution >= 0.6 is 27.3 Å². The minimum atomic E-state index is 0.163. The van der Waals surface area contributed by atoms with Crippen LogP contribution in [0, 0.1) is 5.92 Å². The molecule has 0 bridgehead atoms. The van der Waals surface area contributed by atoms with Gasteiger partial charge in [0.15, 0.2) is 0 Å². The van der Waals surface area contributed by atoms with Crippen molar-refractivity contribution >= 4 is 33.0 Å². The molecule has 3 heteroatoms. The lowest BCUT2D eigenvalue weighted by Gasteiger charge is -2.06. The Morgan fingerprint density at radius 2 is 2.38 bits per heavy atom. The van der Waals surface area contributed by atoms with Gasteiger partial charge in [-0.15, -0.1) is 11.3 Å². The predicted octanol–water partition coefficient (Wildman–Crippen LogP) is 3.67. The van der Waals surface area contributed by atoms with Gasteiger partial charge >= 0.3 is 0 Å². The van der Waals surface area contributed by atoms with Crippen LogP contribution in [0.4, 0.5) is 0 Å². The largest absolute Gasteiger partial charge is 0.299 e. The molecule has 1 aromatic heterocycles. The summed E-state index contributed by atoms with van der Waals surface area (Å²) >= 11 is 5.11. The van der Waals surface area contributed by atoms with E-state index in [-0.39, 0.29) is 5.92 Å². The maximum atomic E-state index is 11.3. The van der Waals surface area contributed by atoms with Crippen molar-refractivity contribution < 1.29 is 4.79 Å². The van der Waals surface area contributed by atoms with Crippen molar-refractivity contribution in [1.82, 2.24) is 0 Å². The molecule has 0 radical (unpaired) electrons. The van der Waals surface area contributed by atoms with Crippen LogP contribution in [0.5, 0.6) is 0 Å². The highest BCUT2D eigenvalue weighted by molar-refractivity contribution is 9.10. The molecule has 0 saturated carbocycles. The lowest BCUT2D eigenvalue weighted by atomic mass is 10.0. The van der Waals surface area contributed by atoms with Crippen molar-refractivity contribution in [3.8, 4) is 0 Å². The number of hydrogen-bond donors (Lipinski definition) is 0. The Labute approximate surface area is 91.3 Å². The van der Waals surface area contributed by atoms with Gasteiger partial charge in [-0.2, -0.15) is 0 Å². The van der Waals surface area contributed by atoms with E-state index < -0.39 is 0 Å². The van der Waals surface area contributed by atoms with Crippen molar-refractivity contribution in [2.75, 3.05) is 0 Å². The molecule has 0 fully saturated rings. The van der Waals surface area contributed by atoms with Gasteiger partial charge in [0.05, 0.1) is 0 Å². The SMILES string of the molecule is CCC(=O)C(C)Cc1cc(Br)cs1. The second-order valence-electron chi connectivity index (χ2n) is 3.16. The van der Waals surface area contributed by atoms with Gasteiger partial charge in [0, 0.05) is 27.1 Å². The molecular formula is C10H13BrOS. The van der Waals surface area contributed by atoms with Gasteiger partial charge < -0.3 is 0 Å². The van der Waals surface area contributed by atoms with E-state index in [9.17, 15) is 4.79 Å². The topological polar surface area (TPSA) is 17.1 Å². The third-order valence-corrected chi connectivity index (χ3v) is 3.75. The number of ketones is 1. The van der Waals surface area contributed by atoms with E-state index in [1.165, 1.54) is 4.88 Å². The molecule has 0 aromatic carbocycles. The molecule has 1 rings (SSSR count). The molecule has 72 valence electrons. The van der Waals surface area contributed by atoms with Gasteiger partial charge in [-0.3, -0.25) is 4.79 Å². The zero-order valence-electron chi connectivity index (χ0n) is 7.84. The summed E-state index contributed by atoms with van der Waals surface area (Å²) in [5.74, 6) is 0.514. The summed E-state index contributed by atoms with van der Waals surface area (Å²) in [6, 6.07) is 2.09. The summed E-state index contributed by atoms with van der Waals surface area (Å²) in [4.78, 5) is 12.6. The van der Waals surface area contributed by atoms with Gasteiger partial charge in [-0.1, -0.05) is 13.8 Å². The first-order valence-electron chi connectivity index (χ1n) is 4.39.